The van der Waals surface area contributed by atoms with Crippen molar-refractivity contribution in [3.05, 3.63) is 47.5 Å². The molecule has 0 radical (unpaired) electrons. The smallest absolute Gasteiger partial charge is 0.444 e. The van der Waals surface area contributed by atoms with Gasteiger partial charge in [-0.15, -0.1) is 0 Å². The van der Waals surface area contributed by atoms with Crippen molar-refractivity contribution in [3.63, 3.8) is 0 Å². The summed E-state index contributed by atoms with van der Waals surface area (Å²) in [6.07, 6.45) is 4.03. The van der Waals surface area contributed by atoms with Crippen molar-refractivity contribution in [1.29, 1.82) is 0 Å². The van der Waals surface area contributed by atoms with Gasteiger partial charge in [-0.3, -0.25) is 0 Å². The third kappa shape index (κ3) is 10.00. The first-order chi connectivity index (χ1) is 13.2. The average molecular weight is 392 g/mol. The zero-order valence-electron chi connectivity index (χ0n) is 17.6. The van der Waals surface area contributed by atoms with Crippen molar-refractivity contribution >= 4 is 12.2 Å². The van der Waals surface area contributed by atoms with Crippen LogP contribution in [0.15, 0.2) is 42.0 Å². The molecule has 1 atom stereocenters. The van der Waals surface area contributed by atoms with Gasteiger partial charge in [-0.05, 0) is 57.2 Å². The number of nitrogens with one attached hydrogen (secondary N) is 1. The monoisotopic (exact) mass is 391 g/mol. The molecule has 0 saturated carbocycles. The van der Waals surface area contributed by atoms with E-state index >= 15 is 0 Å². The maximum absolute atomic E-state index is 12.4. The molecule has 1 aromatic rings. The van der Waals surface area contributed by atoms with Crippen LogP contribution in [0.5, 0.6) is 0 Å². The molecule has 0 aliphatic rings. The molecule has 28 heavy (non-hydrogen) atoms. The van der Waals surface area contributed by atoms with Gasteiger partial charge in [0.05, 0.1) is 13.2 Å². The number of methoxy groups -OCH3 is 1. The van der Waals surface area contributed by atoms with Gasteiger partial charge in [-0.25, -0.2) is 9.59 Å². The molecule has 1 aromatic carbocycles. The Morgan fingerprint density at radius 1 is 1.18 bits per heavy atom. The number of alkyl carbamates (subject to hydrolysis) is 1. The fraction of sp³-hybridized carbons (Fsp3) is 0.545. The third-order valence-electron chi connectivity index (χ3n) is 3.95. The minimum Gasteiger partial charge on any atom is -0.444 e. The maximum atomic E-state index is 12.4. The number of carbonyl (C=O) groups is 2. The number of hydrogen-bond donors (Lipinski definition) is 1. The Hall–Kier alpha value is -2.50. The molecule has 0 saturated heterocycles. The van der Waals surface area contributed by atoms with Crippen LogP contribution in [0, 0.1) is 0 Å². The summed E-state index contributed by atoms with van der Waals surface area (Å²) >= 11 is 0. The lowest BCUT2D eigenvalue weighted by atomic mass is 9.94. The van der Waals surface area contributed by atoms with Gasteiger partial charge in [0.25, 0.3) is 0 Å². The summed E-state index contributed by atoms with van der Waals surface area (Å²) in [7, 11) is 1.27. The Balaban J connectivity index is 3.01. The summed E-state index contributed by atoms with van der Waals surface area (Å²) in [5, 5.41) is 2.98. The lowest BCUT2D eigenvalue weighted by Crippen LogP contribution is -2.41. The number of carbonyl (C=O) groups excluding carboxylic acids is 2. The number of unbranched alkanes of at least 4 members (excludes halogenated alkanes) is 1. The maximum Gasteiger partial charge on any atom is 0.508 e. The Morgan fingerprint density at radius 3 is 2.43 bits per heavy atom. The van der Waals surface area contributed by atoms with E-state index in [1.807, 2.05) is 57.2 Å². The Labute approximate surface area is 168 Å². The second-order valence-corrected chi connectivity index (χ2v) is 7.54. The second-order valence-electron chi connectivity index (χ2n) is 7.54. The Kier molecular flexibility index (Phi) is 10.1. The molecule has 0 aliphatic carbocycles. The molecule has 1 rings (SSSR count). The van der Waals surface area contributed by atoms with E-state index < -0.39 is 17.8 Å². The molecule has 6 heteroatoms. The molecular weight excluding hydrogens is 358 g/mol. The highest BCUT2D eigenvalue weighted by Gasteiger charge is 2.22. The van der Waals surface area contributed by atoms with Crippen LogP contribution in [0.25, 0.3) is 0 Å². The lowest BCUT2D eigenvalue weighted by molar-refractivity contribution is 0.0509. The molecule has 0 spiro atoms. The van der Waals surface area contributed by atoms with Crippen molar-refractivity contribution in [1.82, 2.24) is 5.32 Å². The molecule has 1 amide bonds. The second kappa shape index (κ2) is 12.1. The summed E-state index contributed by atoms with van der Waals surface area (Å²) in [4.78, 5) is 23.6. The van der Waals surface area contributed by atoms with Crippen LogP contribution >= 0.6 is 0 Å². The first-order valence-electron chi connectivity index (χ1n) is 9.68. The summed E-state index contributed by atoms with van der Waals surface area (Å²) in [5.41, 5.74) is 1.52. The van der Waals surface area contributed by atoms with E-state index in [1.165, 1.54) is 7.11 Å². The Morgan fingerprint density at radius 2 is 1.86 bits per heavy atom. The summed E-state index contributed by atoms with van der Waals surface area (Å²) < 4.78 is 15.0. The van der Waals surface area contributed by atoms with Crippen LogP contribution < -0.4 is 5.32 Å². The highest BCUT2D eigenvalue weighted by Crippen LogP contribution is 2.18. The van der Waals surface area contributed by atoms with E-state index in [0.29, 0.717) is 6.42 Å². The zero-order valence-corrected chi connectivity index (χ0v) is 17.6. The van der Waals surface area contributed by atoms with Crippen molar-refractivity contribution in [2.75, 3.05) is 13.7 Å². The van der Waals surface area contributed by atoms with Crippen LogP contribution in [-0.4, -0.2) is 37.6 Å². The SMILES string of the molecule is CCCC/C(=C\COC(=O)OC)[C@H](Cc1ccccc1)NC(=O)OC(C)(C)C. The van der Waals surface area contributed by atoms with E-state index in [-0.39, 0.29) is 12.6 Å². The van der Waals surface area contributed by atoms with Crippen molar-refractivity contribution in [3.8, 4) is 0 Å². The first-order valence-corrected chi connectivity index (χ1v) is 9.68. The predicted octanol–water partition coefficient (Wildman–Crippen LogP) is 5.02. The van der Waals surface area contributed by atoms with E-state index in [1.54, 1.807) is 0 Å². The number of hydrogen-bond acceptors (Lipinski definition) is 5. The van der Waals surface area contributed by atoms with Gasteiger partial charge in [0.15, 0.2) is 0 Å². The van der Waals surface area contributed by atoms with Crippen molar-refractivity contribution < 1.29 is 23.8 Å². The standard InChI is InChI=1S/C22H33NO5/c1-6-7-13-18(14-15-27-21(25)26-5)19(16-17-11-9-8-10-12-17)23-20(24)28-22(2,3)4/h8-12,14,19H,6-7,13,15-16H2,1-5H3,(H,23,24)/b18-14+/t19-/m0/s1. The third-order valence-corrected chi connectivity index (χ3v) is 3.95. The molecule has 0 aromatic heterocycles. The molecule has 0 heterocycles. The molecular formula is C22H33NO5. The quantitative estimate of drug-likeness (QED) is 0.472. The molecule has 0 aliphatic heterocycles. The van der Waals surface area contributed by atoms with Crippen LogP contribution in [-0.2, 0) is 20.6 Å². The van der Waals surface area contributed by atoms with Crippen LogP contribution in [0.2, 0.25) is 0 Å². The van der Waals surface area contributed by atoms with Gasteiger partial charge in [-0.2, -0.15) is 0 Å². The lowest BCUT2D eigenvalue weighted by Gasteiger charge is -2.26. The molecule has 0 fully saturated rings. The van der Waals surface area contributed by atoms with Crippen LogP contribution in [0.4, 0.5) is 9.59 Å². The number of amides is 1. The number of ether oxygens (including phenoxy) is 3. The minimum atomic E-state index is -0.731. The van der Waals surface area contributed by atoms with Gasteiger partial charge in [0.2, 0.25) is 0 Å². The largest absolute Gasteiger partial charge is 0.508 e. The topological polar surface area (TPSA) is 73.9 Å². The highest BCUT2D eigenvalue weighted by molar-refractivity contribution is 5.68. The Bertz CT molecular complexity index is 634. The van der Waals surface area contributed by atoms with Crippen molar-refractivity contribution in [2.45, 2.75) is 65.0 Å². The minimum absolute atomic E-state index is 0.0903. The fourth-order valence-corrected chi connectivity index (χ4v) is 2.65. The fourth-order valence-electron chi connectivity index (χ4n) is 2.65. The first kappa shape index (κ1) is 23.5. The van der Waals surface area contributed by atoms with Gasteiger partial charge in [0, 0.05) is 0 Å². The highest BCUT2D eigenvalue weighted by atomic mass is 16.7. The average Bonchev–Trinajstić information content (AvgIpc) is 2.63. The predicted molar refractivity (Wildman–Crippen MR) is 109 cm³/mol. The number of rotatable bonds is 9. The van der Waals surface area contributed by atoms with Gasteiger partial charge in [-0.1, -0.05) is 43.7 Å². The number of benzene rings is 1. The molecule has 0 bridgehead atoms. The summed E-state index contributed by atoms with van der Waals surface area (Å²) in [5.74, 6) is 0. The van der Waals surface area contributed by atoms with Crippen molar-refractivity contribution in [2.24, 2.45) is 0 Å². The zero-order chi connectivity index (χ0) is 21.0. The van der Waals surface area contributed by atoms with E-state index in [4.69, 9.17) is 9.47 Å². The van der Waals surface area contributed by atoms with Gasteiger partial charge in [0.1, 0.15) is 12.2 Å². The van der Waals surface area contributed by atoms with Crippen LogP contribution in [0.1, 0.15) is 52.5 Å². The summed E-state index contributed by atoms with van der Waals surface area (Å²) in [6.45, 7) is 7.69. The van der Waals surface area contributed by atoms with E-state index in [2.05, 4.69) is 17.0 Å². The normalized spacial score (nSPS) is 12.8. The molecule has 1 N–H and O–H groups in total. The molecule has 0 unspecified atom stereocenters. The summed E-state index contributed by atoms with van der Waals surface area (Å²) in [6, 6.07) is 9.67. The van der Waals surface area contributed by atoms with Gasteiger partial charge < -0.3 is 19.5 Å². The van der Waals surface area contributed by atoms with E-state index in [0.717, 1.165) is 30.4 Å². The van der Waals surface area contributed by atoms with Crippen LogP contribution in [0.3, 0.4) is 0 Å². The molecule has 6 nitrogen and oxygen atoms in total. The molecule has 156 valence electrons. The van der Waals surface area contributed by atoms with Gasteiger partial charge >= 0.3 is 12.2 Å². The van der Waals surface area contributed by atoms with E-state index in [9.17, 15) is 9.59 Å².